The van der Waals surface area contributed by atoms with Gasteiger partial charge in [-0.1, -0.05) is 18.2 Å². The van der Waals surface area contributed by atoms with Gasteiger partial charge in [-0.15, -0.1) is 0 Å². The fraction of sp³-hybridized carbons (Fsp3) is 0.280. The molecule has 0 spiro atoms. The number of aromatic nitrogens is 2. The number of aromatic amines is 1. The van der Waals surface area contributed by atoms with Crippen molar-refractivity contribution in [3.63, 3.8) is 0 Å². The van der Waals surface area contributed by atoms with Crippen molar-refractivity contribution in [2.24, 2.45) is 0 Å². The summed E-state index contributed by atoms with van der Waals surface area (Å²) in [7, 11) is 0. The molecule has 3 aliphatic rings. The van der Waals surface area contributed by atoms with Crippen LogP contribution in [0.1, 0.15) is 40.0 Å². The summed E-state index contributed by atoms with van der Waals surface area (Å²) in [6.45, 7) is 2.84. The lowest BCUT2D eigenvalue weighted by molar-refractivity contribution is -0.123. The molecule has 35 heavy (non-hydrogen) atoms. The van der Waals surface area contributed by atoms with Crippen LogP contribution in [0.15, 0.2) is 42.5 Å². The first-order valence-electron chi connectivity index (χ1n) is 11.6. The number of rotatable bonds is 4. The molecule has 10 heteroatoms. The van der Waals surface area contributed by atoms with Gasteiger partial charge in [-0.25, -0.2) is 19.2 Å². The summed E-state index contributed by atoms with van der Waals surface area (Å²) < 4.78 is 13.5. The Balaban J connectivity index is 1.13. The minimum atomic E-state index is -0.562. The molecule has 1 fully saturated rings. The molecule has 0 unspecified atom stereocenters. The summed E-state index contributed by atoms with van der Waals surface area (Å²) in [5.74, 6) is -0.844. The number of nitrogens with zero attached hydrogens (tertiary/aromatic N) is 4. The standard InChI is InChI=1S/C25H23FN6O3/c26-18-2-4-20-21(12-18)28-29-23(20)16-5-8-30(9-6-16)13-15-1-3-19-17(11-15)14-32(24(19)34)31-10-7-22(33)27-25(31)35/h1-5,11-12H,6-10,13-14H2,(H,28,29)(H,27,33,35). The number of hydrazine groups is 1. The predicted octanol–water partition coefficient (Wildman–Crippen LogP) is 2.80. The largest absolute Gasteiger partial charge is 0.342 e. The van der Waals surface area contributed by atoms with Gasteiger partial charge < -0.3 is 0 Å². The van der Waals surface area contributed by atoms with Gasteiger partial charge >= 0.3 is 6.03 Å². The number of halogens is 1. The van der Waals surface area contributed by atoms with Crippen LogP contribution in [0, 0.1) is 5.82 Å². The molecule has 6 rings (SSSR count). The van der Waals surface area contributed by atoms with Crippen LogP contribution >= 0.6 is 0 Å². The van der Waals surface area contributed by atoms with Gasteiger partial charge in [-0.3, -0.25) is 24.9 Å². The highest BCUT2D eigenvalue weighted by Gasteiger charge is 2.36. The highest BCUT2D eigenvalue weighted by molar-refractivity contribution is 6.02. The molecule has 3 aliphatic heterocycles. The van der Waals surface area contributed by atoms with E-state index in [9.17, 15) is 18.8 Å². The Labute approximate surface area is 200 Å². The number of benzene rings is 2. The highest BCUT2D eigenvalue weighted by Crippen LogP contribution is 2.30. The van der Waals surface area contributed by atoms with E-state index in [1.807, 2.05) is 18.2 Å². The Morgan fingerprint density at radius 1 is 1.00 bits per heavy atom. The fourth-order valence-corrected chi connectivity index (χ4v) is 5.00. The number of amides is 4. The van der Waals surface area contributed by atoms with Crippen molar-refractivity contribution in [2.75, 3.05) is 19.6 Å². The van der Waals surface area contributed by atoms with Crippen LogP contribution in [-0.4, -0.2) is 62.6 Å². The van der Waals surface area contributed by atoms with E-state index in [0.29, 0.717) is 17.6 Å². The molecule has 4 amide bonds. The maximum atomic E-state index is 13.5. The van der Waals surface area contributed by atoms with Crippen molar-refractivity contribution in [3.8, 4) is 0 Å². The molecular weight excluding hydrogens is 451 g/mol. The number of carbonyl (C=O) groups excluding carboxylic acids is 3. The third-order valence-corrected chi connectivity index (χ3v) is 6.81. The van der Waals surface area contributed by atoms with Crippen LogP contribution in [0.2, 0.25) is 0 Å². The summed E-state index contributed by atoms with van der Waals surface area (Å²) in [5.41, 5.74) is 5.27. The van der Waals surface area contributed by atoms with E-state index in [1.54, 1.807) is 6.07 Å². The smallest absolute Gasteiger partial charge is 0.295 e. The zero-order valence-electron chi connectivity index (χ0n) is 18.9. The normalized spacial score (nSPS) is 18.8. The number of fused-ring (bicyclic) bond motifs is 2. The third kappa shape index (κ3) is 3.85. The van der Waals surface area contributed by atoms with E-state index in [4.69, 9.17) is 0 Å². The second-order valence-electron chi connectivity index (χ2n) is 9.06. The first kappa shape index (κ1) is 21.5. The highest BCUT2D eigenvalue weighted by atomic mass is 19.1. The molecule has 0 atom stereocenters. The second-order valence-corrected chi connectivity index (χ2v) is 9.06. The van der Waals surface area contributed by atoms with Gasteiger partial charge in [-0.2, -0.15) is 5.10 Å². The predicted molar refractivity (Wildman–Crippen MR) is 125 cm³/mol. The molecule has 0 bridgehead atoms. The summed E-state index contributed by atoms with van der Waals surface area (Å²) in [6.07, 6.45) is 3.17. The SMILES string of the molecule is O=C1CCN(N2Cc3cc(CN4CC=C(c5n[nH]c6cc(F)ccc56)CC4)ccc3C2=O)C(=O)N1. The summed E-state index contributed by atoms with van der Waals surface area (Å²) in [6, 6.07) is 9.90. The van der Waals surface area contributed by atoms with Crippen molar-refractivity contribution < 1.29 is 18.8 Å². The summed E-state index contributed by atoms with van der Waals surface area (Å²) in [4.78, 5) is 38.8. The molecule has 3 aromatic rings. The fourth-order valence-electron chi connectivity index (χ4n) is 5.00. The second kappa shape index (κ2) is 8.31. The van der Waals surface area contributed by atoms with E-state index in [-0.39, 0.29) is 30.6 Å². The Morgan fingerprint density at radius 2 is 1.89 bits per heavy atom. The zero-order valence-corrected chi connectivity index (χ0v) is 18.9. The van der Waals surface area contributed by atoms with Crippen molar-refractivity contribution >= 4 is 34.3 Å². The molecule has 1 saturated heterocycles. The van der Waals surface area contributed by atoms with Crippen molar-refractivity contribution in [1.29, 1.82) is 0 Å². The molecule has 0 radical (unpaired) electrons. The average Bonchev–Trinajstić information content (AvgIpc) is 3.40. The van der Waals surface area contributed by atoms with Crippen LogP contribution in [0.3, 0.4) is 0 Å². The van der Waals surface area contributed by atoms with Crippen LogP contribution in [0.4, 0.5) is 9.18 Å². The monoisotopic (exact) mass is 474 g/mol. The minimum Gasteiger partial charge on any atom is -0.295 e. The maximum absolute atomic E-state index is 13.5. The number of H-pyrrole nitrogens is 1. The average molecular weight is 474 g/mol. The maximum Gasteiger partial charge on any atom is 0.342 e. The lowest BCUT2D eigenvalue weighted by Crippen LogP contribution is -2.56. The first-order valence-corrected chi connectivity index (χ1v) is 11.6. The van der Waals surface area contributed by atoms with Gasteiger partial charge in [0.15, 0.2) is 0 Å². The summed E-state index contributed by atoms with van der Waals surface area (Å²) in [5, 5.41) is 13.2. The number of nitrogens with one attached hydrogen (secondary N) is 2. The minimum absolute atomic E-state index is 0.173. The van der Waals surface area contributed by atoms with E-state index in [1.165, 1.54) is 22.2 Å². The van der Waals surface area contributed by atoms with E-state index in [2.05, 4.69) is 26.5 Å². The lowest BCUT2D eigenvalue weighted by Gasteiger charge is -2.33. The van der Waals surface area contributed by atoms with Crippen molar-refractivity contribution in [1.82, 2.24) is 30.4 Å². The molecular formula is C25H23FN6O3. The van der Waals surface area contributed by atoms with Gasteiger partial charge in [0, 0.05) is 37.0 Å². The molecule has 4 heterocycles. The van der Waals surface area contributed by atoms with Crippen molar-refractivity contribution in [2.45, 2.75) is 25.9 Å². The van der Waals surface area contributed by atoms with E-state index in [0.717, 1.165) is 53.8 Å². The number of hydrogen-bond donors (Lipinski definition) is 2. The van der Waals surface area contributed by atoms with Gasteiger partial charge in [0.2, 0.25) is 5.91 Å². The molecule has 178 valence electrons. The molecule has 1 aromatic heterocycles. The third-order valence-electron chi connectivity index (χ3n) is 6.81. The number of hydrogen-bond acceptors (Lipinski definition) is 5. The van der Waals surface area contributed by atoms with Gasteiger partial charge in [0.05, 0.1) is 24.3 Å². The number of carbonyl (C=O) groups is 3. The van der Waals surface area contributed by atoms with Crippen LogP contribution in [0.25, 0.3) is 16.5 Å². The molecule has 2 aromatic carbocycles. The van der Waals surface area contributed by atoms with Gasteiger partial charge in [-0.05, 0) is 47.4 Å². The molecule has 9 nitrogen and oxygen atoms in total. The van der Waals surface area contributed by atoms with Crippen LogP contribution in [-0.2, 0) is 17.9 Å². The molecule has 0 aliphatic carbocycles. The van der Waals surface area contributed by atoms with Crippen LogP contribution < -0.4 is 5.32 Å². The van der Waals surface area contributed by atoms with E-state index >= 15 is 0 Å². The number of urea groups is 1. The van der Waals surface area contributed by atoms with Gasteiger partial charge in [0.25, 0.3) is 5.91 Å². The topological polar surface area (TPSA) is 102 Å². The Kier molecular flexibility index (Phi) is 5.10. The summed E-state index contributed by atoms with van der Waals surface area (Å²) >= 11 is 0. The molecule has 2 N–H and O–H groups in total. The van der Waals surface area contributed by atoms with E-state index < -0.39 is 6.03 Å². The number of imide groups is 1. The first-order chi connectivity index (χ1) is 17.0. The zero-order chi connectivity index (χ0) is 24.1. The molecule has 0 saturated carbocycles. The Bertz CT molecular complexity index is 1410. The Hall–Kier alpha value is -4.05. The lowest BCUT2D eigenvalue weighted by atomic mass is 10.0. The van der Waals surface area contributed by atoms with Crippen LogP contribution in [0.5, 0.6) is 0 Å². The van der Waals surface area contributed by atoms with Crippen molar-refractivity contribution in [3.05, 3.63) is 70.7 Å². The Morgan fingerprint density at radius 3 is 2.69 bits per heavy atom. The quantitative estimate of drug-likeness (QED) is 0.606. The van der Waals surface area contributed by atoms with Gasteiger partial charge in [0.1, 0.15) is 5.82 Å².